The van der Waals surface area contributed by atoms with E-state index < -0.39 is 0 Å². The number of rotatable bonds is 2. The summed E-state index contributed by atoms with van der Waals surface area (Å²) in [5.74, 6) is 0. The van der Waals surface area contributed by atoms with Crippen molar-refractivity contribution in [2.24, 2.45) is 0 Å². The molecule has 0 aliphatic heterocycles. The minimum Gasteiger partial charge on any atom is -0.0843 e. The molecule has 0 bridgehead atoms. The number of benzene rings is 2. The zero-order valence-electron chi connectivity index (χ0n) is 10.5. The van der Waals surface area contributed by atoms with Crippen LogP contribution in [0.5, 0.6) is 0 Å². The smallest absolute Gasteiger partial charge is 0.0662 e. The Kier molecular flexibility index (Phi) is 4.84. The van der Waals surface area contributed by atoms with Gasteiger partial charge in [0.1, 0.15) is 0 Å². The average Bonchev–Trinajstić information content (AvgIpc) is 2.36. The Bertz CT molecular complexity index is 623. The van der Waals surface area contributed by atoms with E-state index in [1.165, 1.54) is 0 Å². The third-order valence-electron chi connectivity index (χ3n) is 3.05. The van der Waals surface area contributed by atoms with Crippen molar-refractivity contribution in [2.45, 2.75) is 18.7 Å². The van der Waals surface area contributed by atoms with Crippen molar-refractivity contribution in [1.29, 1.82) is 0 Å². The molecule has 1 atom stereocenters. The molecule has 0 spiro atoms. The number of hydrogen-bond acceptors (Lipinski definition) is 0. The van der Waals surface area contributed by atoms with E-state index in [-0.39, 0.29) is 4.83 Å². The third-order valence-corrected chi connectivity index (χ3v) is 5.02. The van der Waals surface area contributed by atoms with Gasteiger partial charge in [-0.25, -0.2) is 0 Å². The minimum absolute atomic E-state index is 0.00494. The highest BCUT2D eigenvalue weighted by Crippen LogP contribution is 2.39. The van der Waals surface area contributed by atoms with E-state index in [9.17, 15) is 0 Å². The summed E-state index contributed by atoms with van der Waals surface area (Å²) in [7, 11) is 0. The molecule has 19 heavy (non-hydrogen) atoms. The van der Waals surface area contributed by atoms with E-state index >= 15 is 0 Å². The molecule has 0 amide bonds. The van der Waals surface area contributed by atoms with Crippen LogP contribution in [0, 0.1) is 13.8 Å². The number of alkyl halides is 1. The van der Waals surface area contributed by atoms with Crippen molar-refractivity contribution in [3.8, 4) is 0 Å². The Labute approximate surface area is 136 Å². The molecule has 100 valence electrons. The van der Waals surface area contributed by atoms with E-state index in [1.54, 1.807) is 6.07 Å². The normalized spacial score (nSPS) is 12.5. The van der Waals surface area contributed by atoms with E-state index in [2.05, 4.69) is 22.0 Å². The molecule has 0 fully saturated rings. The average molecular weight is 379 g/mol. The molecular formula is C15H12BrCl3. The highest BCUT2D eigenvalue weighted by atomic mass is 79.9. The summed E-state index contributed by atoms with van der Waals surface area (Å²) in [6.07, 6.45) is 0. The van der Waals surface area contributed by atoms with Gasteiger partial charge in [-0.2, -0.15) is 0 Å². The van der Waals surface area contributed by atoms with Crippen LogP contribution in [0.25, 0.3) is 0 Å². The van der Waals surface area contributed by atoms with Crippen LogP contribution in [0.2, 0.25) is 15.1 Å². The molecule has 0 heterocycles. The molecule has 0 N–H and O–H groups in total. The lowest BCUT2D eigenvalue weighted by Gasteiger charge is -2.17. The van der Waals surface area contributed by atoms with Gasteiger partial charge in [0.2, 0.25) is 0 Å². The summed E-state index contributed by atoms with van der Waals surface area (Å²) in [6.45, 7) is 4.03. The predicted molar refractivity (Wildman–Crippen MR) is 88.2 cm³/mol. The summed E-state index contributed by atoms with van der Waals surface area (Å²) in [4.78, 5) is -0.00494. The molecule has 2 aromatic rings. The summed E-state index contributed by atoms with van der Waals surface area (Å²) in [6, 6.07) is 9.53. The lowest BCUT2D eigenvalue weighted by molar-refractivity contribution is 1.13. The highest BCUT2D eigenvalue weighted by Gasteiger charge is 2.17. The topological polar surface area (TPSA) is 0 Å². The van der Waals surface area contributed by atoms with Crippen LogP contribution in [0.3, 0.4) is 0 Å². The monoisotopic (exact) mass is 376 g/mol. The fourth-order valence-corrected chi connectivity index (χ4v) is 3.58. The first-order chi connectivity index (χ1) is 8.90. The molecule has 0 saturated heterocycles. The van der Waals surface area contributed by atoms with Crippen LogP contribution in [0.15, 0.2) is 30.3 Å². The quantitative estimate of drug-likeness (QED) is 0.507. The lowest BCUT2D eigenvalue weighted by atomic mass is 9.98. The Morgan fingerprint density at radius 1 is 0.842 bits per heavy atom. The summed E-state index contributed by atoms with van der Waals surface area (Å²) in [5, 5.41) is 2.14. The molecule has 0 aromatic heterocycles. The largest absolute Gasteiger partial charge is 0.0843 e. The van der Waals surface area contributed by atoms with Crippen molar-refractivity contribution in [1.82, 2.24) is 0 Å². The molecular weight excluding hydrogens is 366 g/mol. The van der Waals surface area contributed by atoms with Crippen molar-refractivity contribution < 1.29 is 0 Å². The van der Waals surface area contributed by atoms with Gasteiger partial charge in [0.15, 0.2) is 0 Å². The van der Waals surface area contributed by atoms with Gasteiger partial charge >= 0.3 is 0 Å². The third kappa shape index (κ3) is 3.28. The predicted octanol–water partition coefficient (Wildman–Crippen LogP) is 6.75. The number of hydrogen-bond donors (Lipinski definition) is 0. The van der Waals surface area contributed by atoms with Crippen LogP contribution in [-0.4, -0.2) is 0 Å². The molecule has 0 nitrogen and oxygen atoms in total. The van der Waals surface area contributed by atoms with E-state index in [0.29, 0.717) is 10.0 Å². The van der Waals surface area contributed by atoms with Crippen LogP contribution < -0.4 is 0 Å². The molecule has 0 saturated carbocycles. The first-order valence-electron chi connectivity index (χ1n) is 5.76. The Morgan fingerprint density at radius 2 is 1.53 bits per heavy atom. The van der Waals surface area contributed by atoms with Crippen molar-refractivity contribution >= 4 is 50.7 Å². The van der Waals surface area contributed by atoms with Crippen molar-refractivity contribution in [3.05, 3.63) is 67.7 Å². The van der Waals surface area contributed by atoms with Crippen molar-refractivity contribution in [2.75, 3.05) is 0 Å². The second-order valence-electron chi connectivity index (χ2n) is 4.49. The van der Waals surface area contributed by atoms with Gasteiger partial charge in [-0.15, -0.1) is 0 Å². The second kappa shape index (κ2) is 6.05. The SMILES string of the molecule is Cc1cc(C(Br)c2cc(Cl)ccc2Cl)c(C)cc1Cl. The molecule has 4 heteroatoms. The van der Waals surface area contributed by atoms with Gasteiger partial charge in [0.25, 0.3) is 0 Å². The summed E-state index contributed by atoms with van der Waals surface area (Å²) in [5.41, 5.74) is 4.27. The van der Waals surface area contributed by atoms with Crippen LogP contribution in [-0.2, 0) is 0 Å². The van der Waals surface area contributed by atoms with Gasteiger partial charge < -0.3 is 0 Å². The fraction of sp³-hybridized carbons (Fsp3) is 0.200. The maximum atomic E-state index is 6.25. The van der Waals surface area contributed by atoms with Gasteiger partial charge in [-0.1, -0.05) is 56.8 Å². The molecule has 2 aromatic carbocycles. The van der Waals surface area contributed by atoms with Crippen LogP contribution >= 0.6 is 50.7 Å². The van der Waals surface area contributed by atoms with Crippen LogP contribution in [0.4, 0.5) is 0 Å². The Hall–Kier alpha value is -0.210. The summed E-state index contributed by atoms with van der Waals surface area (Å²) < 4.78 is 0. The van der Waals surface area contributed by atoms with Crippen LogP contribution in [0.1, 0.15) is 27.1 Å². The van der Waals surface area contributed by atoms with Gasteiger partial charge in [-0.3, -0.25) is 0 Å². The molecule has 2 rings (SSSR count). The summed E-state index contributed by atoms with van der Waals surface area (Å²) >= 11 is 22.1. The first-order valence-corrected chi connectivity index (χ1v) is 7.80. The molecule has 0 radical (unpaired) electrons. The Morgan fingerprint density at radius 3 is 2.21 bits per heavy atom. The first kappa shape index (κ1) is 15.2. The zero-order valence-corrected chi connectivity index (χ0v) is 14.3. The van der Waals surface area contributed by atoms with Gasteiger partial charge in [0, 0.05) is 15.1 Å². The van der Waals surface area contributed by atoms with Gasteiger partial charge in [0.05, 0.1) is 4.83 Å². The maximum absolute atomic E-state index is 6.25. The zero-order chi connectivity index (χ0) is 14.2. The van der Waals surface area contributed by atoms with E-state index in [4.69, 9.17) is 34.8 Å². The number of halogens is 4. The fourth-order valence-electron chi connectivity index (χ4n) is 1.95. The van der Waals surface area contributed by atoms with E-state index in [0.717, 1.165) is 27.3 Å². The molecule has 0 aliphatic carbocycles. The Balaban J connectivity index is 2.52. The minimum atomic E-state index is -0.00494. The molecule has 0 aliphatic rings. The number of aryl methyl sites for hydroxylation is 2. The molecule has 1 unspecified atom stereocenters. The lowest BCUT2D eigenvalue weighted by Crippen LogP contribution is -1.98. The van der Waals surface area contributed by atoms with Gasteiger partial charge in [-0.05, 0) is 60.4 Å². The highest BCUT2D eigenvalue weighted by molar-refractivity contribution is 9.09. The second-order valence-corrected chi connectivity index (χ2v) is 6.65. The van der Waals surface area contributed by atoms with E-state index in [1.807, 2.05) is 32.0 Å². The maximum Gasteiger partial charge on any atom is 0.0662 e. The van der Waals surface area contributed by atoms with Crippen molar-refractivity contribution in [3.63, 3.8) is 0 Å². The standard InChI is InChI=1S/C15H12BrCl3/c1-8-6-14(19)9(2)5-11(8)15(16)12-7-10(17)3-4-13(12)18/h3-7,15H,1-2H3.